The van der Waals surface area contributed by atoms with E-state index in [2.05, 4.69) is 5.32 Å². The van der Waals surface area contributed by atoms with E-state index < -0.39 is 6.10 Å². The largest absolute Gasteiger partial charge is 0.370 e. The Morgan fingerprint density at radius 3 is 2.71 bits per heavy atom. The van der Waals surface area contributed by atoms with E-state index in [1.54, 1.807) is 0 Å². The Morgan fingerprint density at radius 2 is 2.29 bits per heavy atom. The molecule has 0 aromatic rings. The van der Waals surface area contributed by atoms with Crippen LogP contribution in [0.2, 0.25) is 0 Å². The summed E-state index contributed by atoms with van der Waals surface area (Å²) in [6, 6.07) is 0.235. The van der Waals surface area contributed by atoms with Gasteiger partial charge in [0.1, 0.15) is 6.10 Å². The minimum Gasteiger partial charge on any atom is -0.370 e. The first kappa shape index (κ1) is 11.5. The van der Waals surface area contributed by atoms with E-state index in [0.717, 1.165) is 12.3 Å². The van der Waals surface area contributed by atoms with Crippen LogP contribution in [0.3, 0.4) is 0 Å². The van der Waals surface area contributed by atoms with Gasteiger partial charge in [0.15, 0.2) is 0 Å². The second-order valence-corrected chi connectivity index (χ2v) is 4.05. The second kappa shape index (κ2) is 5.32. The molecule has 1 aliphatic rings. The van der Waals surface area contributed by atoms with Crippen LogP contribution in [-0.2, 0) is 9.53 Å². The van der Waals surface area contributed by atoms with Crippen molar-refractivity contribution in [3.63, 3.8) is 0 Å². The summed E-state index contributed by atoms with van der Waals surface area (Å²) in [5.41, 5.74) is 5.39. The fraction of sp³-hybridized carbons (Fsp3) is 0.900. The number of carbonyl (C=O) groups is 1. The average molecular weight is 200 g/mol. The summed E-state index contributed by atoms with van der Waals surface area (Å²) in [6.07, 6.45) is 3.19. The zero-order chi connectivity index (χ0) is 10.6. The molecule has 0 saturated heterocycles. The molecule has 0 bridgehead atoms. The topological polar surface area (TPSA) is 64.3 Å². The molecule has 4 heteroatoms. The maximum absolute atomic E-state index is 11.5. The van der Waals surface area contributed by atoms with Crippen LogP contribution < -0.4 is 11.1 Å². The van der Waals surface area contributed by atoms with E-state index in [4.69, 9.17) is 10.5 Å². The first-order valence-electron chi connectivity index (χ1n) is 5.20. The molecule has 2 atom stereocenters. The average Bonchev–Trinajstić information content (AvgIpc) is 2.90. The summed E-state index contributed by atoms with van der Waals surface area (Å²) in [6.45, 7) is 2.26. The number of nitrogens with two attached hydrogens (primary N) is 1. The molecule has 3 N–H and O–H groups in total. The van der Waals surface area contributed by atoms with Crippen molar-refractivity contribution in [2.45, 2.75) is 38.3 Å². The van der Waals surface area contributed by atoms with Crippen molar-refractivity contribution in [3.8, 4) is 0 Å². The number of amides is 1. The van der Waals surface area contributed by atoms with Gasteiger partial charge in [0.2, 0.25) is 0 Å². The minimum absolute atomic E-state index is 0.0943. The molecular formula is C10H20N2O2. The highest BCUT2D eigenvalue weighted by atomic mass is 16.5. The highest BCUT2D eigenvalue weighted by Gasteiger charge is 2.25. The van der Waals surface area contributed by atoms with E-state index in [1.165, 1.54) is 20.0 Å². The molecule has 1 aliphatic carbocycles. The number of hydrogen-bond donors (Lipinski definition) is 2. The zero-order valence-corrected chi connectivity index (χ0v) is 8.95. The molecule has 0 spiro atoms. The maximum atomic E-state index is 11.5. The van der Waals surface area contributed by atoms with Crippen LogP contribution in [-0.4, -0.2) is 31.7 Å². The van der Waals surface area contributed by atoms with E-state index in [-0.39, 0.29) is 18.5 Å². The fourth-order valence-corrected chi connectivity index (χ4v) is 1.56. The molecule has 4 nitrogen and oxygen atoms in total. The number of carbonyl (C=O) groups excluding carboxylic acids is 1. The Bertz CT molecular complexity index is 189. The molecule has 2 unspecified atom stereocenters. The summed E-state index contributed by atoms with van der Waals surface area (Å²) in [4.78, 5) is 11.5. The smallest absolute Gasteiger partial charge is 0.250 e. The van der Waals surface area contributed by atoms with E-state index >= 15 is 0 Å². The van der Waals surface area contributed by atoms with Gasteiger partial charge in [-0.05, 0) is 19.3 Å². The number of nitrogens with one attached hydrogen (secondary N) is 1. The van der Waals surface area contributed by atoms with E-state index in [9.17, 15) is 4.79 Å². The monoisotopic (exact) mass is 200 g/mol. The minimum atomic E-state index is -0.503. The predicted octanol–water partition coefficient (Wildman–Crippen LogP) is 0.265. The molecule has 1 amide bonds. The summed E-state index contributed by atoms with van der Waals surface area (Å²) in [7, 11) is 1.50. The lowest BCUT2D eigenvalue weighted by Gasteiger charge is -2.17. The lowest BCUT2D eigenvalue weighted by Crippen LogP contribution is -2.44. The fourth-order valence-electron chi connectivity index (χ4n) is 1.56. The molecular weight excluding hydrogens is 180 g/mol. The van der Waals surface area contributed by atoms with Crippen molar-refractivity contribution in [2.75, 3.05) is 13.7 Å². The van der Waals surface area contributed by atoms with Gasteiger partial charge in [-0.2, -0.15) is 0 Å². The number of rotatable bonds is 6. The van der Waals surface area contributed by atoms with Crippen molar-refractivity contribution >= 4 is 5.91 Å². The number of hydrogen-bond acceptors (Lipinski definition) is 3. The van der Waals surface area contributed by atoms with Gasteiger partial charge in [0, 0.05) is 19.7 Å². The van der Waals surface area contributed by atoms with Crippen molar-refractivity contribution in [1.29, 1.82) is 0 Å². The number of ether oxygens (including phenoxy) is 1. The second-order valence-electron chi connectivity index (χ2n) is 4.05. The summed E-state index contributed by atoms with van der Waals surface area (Å²) >= 11 is 0. The van der Waals surface area contributed by atoms with E-state index in [0.29, 0.717) is 0 Å². The predicted molar refractivity (Wildman–Crippen MR) is 54.8 cm³/mol. The van der Waals surface area contributed by atoms with Crippen molar-refractivity contribution in [3.05, 3.63) is 0 Å². The highest BCUT2D eigenvalue weighted by molar-refractivity contribution is 5.81. The SMILES string of the molecule is COC(CN)C(=O)NC(C)CC1CC1. The zero-order valence-electron chi connectivity index (χ0n) is 8.95. The van der Waals surface area contributed by atoms with Crippen molar-refractivity contribution < 1.29 is 9.53 Å². The van der Waals surface area contributed by atoms with Crippen LogP contribution in [0.4, 0.5) is 0 Å². The molecule has 0 aromatic carbocycles. The Morgan fingerprint density at radius 1 is 1.64 bits per heavy atom. The van der Waals surface area contributed by atoms with Crippen LogP contribution in [0.15, 0.2) is 0 Å². The van der Waals surface area contributed by atoms with Gasteiger partial charge in [-0.25, -0.2) is 0 Å². The van der Waals surface area contributed by atoms with Gasteiger partial charge in [0.05, 0.1) is 0 Å². The third-order valence-corrected chi connectivity index (χ3v) is 2.56. The highest BCUT2D eigenvalue weighted by Crippen LogP contribution is 2.33. The lowest BCUT2D eigenvalue weighted by molar-refractivity contribution is -0.131. The Hall–Kier alpha value is -0.610. The van der Waals surface area contributed by atoms with Crippen LogP contribution >= 0.6 is 0 Å². The molecule has 0 aromatic heterocycles. The standard InChI is InChI=1S/C10H20N2O2/c1-7(5-8-3-4-8)12-10(13)9(6-11)14-2/h7-9H,3-6,11H2,1-2H3,(H,12,13). The van der Waals surface area contributed by atoms with Crippen molar-refractivity contribution in [1.82, 2.24) is 5.32 Å². The Labute approximate surface area is 85.2 Å². The summed E-state index contributed by atoms with van der Waals surface area (Å²) in [5.74, 6) is 0.729. The molecule has 1 rings (SSSR count). The number of methoxy groups -OCH3 is 1. The van der Waals surface area contributed by atoms with Gasteiger partial charge in [0.25, 0.3) is 5.91 Å². The molecule has 82 valence electrons. The van der Waals surface area contributed by atoms with Crippen LogP contribution in [0.25, 0.3) is 0 Å². The molecule has 1 saturated carbocycles. The van der Waals surface area contributed by atoms with Gasteiger partial charge >= 0.3 is 0 Å². The normalized spacial score (nSPS) is 20.2. The quantitative estimate of drug-likeness (QED) is 0.646. The van der Waals surface area contributed by atoms with Gasteiger partial charge in [-0.1, -0.05) is 12.8 Å². The molecule has 0 aliphatic heterocycles. The van der Waals surface area contributed by atoms with Gasteiger partial charge < -0.3 is 15.8 Å². The molecule has 14 heavy (non-hydrogen) atoms. The van der Waals surface area contributed by atoms with E-state index in [1.807, 2.05) is 6.92 Å². The Balaban J connectivity index is 2.22. The van der Waals surface area contributed by atoms with Crippen LogP contribution in [0.1, 0.15) is 26.2 Å². The Kier molecular flexibility index (Phi) is 4.35. The van der Waals surface area contributed by atoms with Gasteiger partial charge in [-0.3, -0.25) is 4.79 Å². The summed E-state index contributed by atoms with van der Waals surface area (Å²) < 4.78 is 4.95. The third-order valence-electron chi connectivity index (χ3n) is 2.56. The molecule has 0 radical (unpaired) electrons. The van der Waals surface area contributed by atoms with Crippen LogP contribution in [0, 0.1) is 5.92 Å². The third kappa shape index (κ3) is 3.64. The lowest BCUT2D eigenvalue weighted by atomic mass is 10.1. The molecule has 0 heterocycles. The molecule has 1 fully saturated rings. The van der Waals surface area contributed by atoms with Gasteiger partial charge in [-0.15, -0.1) is 0 Å². The summed E-state index contributed by atoms with van der Waals surface area (Å²) in [5, 5.41) is 2.91. The van der Waals surface area contributed by atoms with Crippen LogP contribution in [0.5, 0.6) is 0 Å². The maximum Gasteiger partial charge on any atom is 0.250 e. The van der Waals surface area contributed by atoms with Crippen molar-refractivity contribution in [2.24, 2.45) is 11.7 Å². The first-order chi connectivity index (χ1) is 6.67. The first-order valence-corrected chi connectivity index (χ1v) is 5.20.